The van der Waals surface area contributed by atoms with Crippen LogP contribution in [0.4, 0.5) is 4.39 Å². The van der Waals surface area contributed by atoms with Gasteiger partial charge in [-0.05, 0) is 75.9 Å². The number of carbonyl (C=O) groups is 1. The van der Waals surface area contributed by atoms with Gasteiger partial charge in [-0.1, -0.05) is 43.7 Å². The molecular weight excluding hydrogens is 521 g/mol. The highest BCUT2D eigenvalue weighted by molar-refractivity contribution is 5.98. The normalized spacial score (nSPS) is 15.6. The number of unbranched alkanes of at least 4 members (excludes halogenated alkanes) is 1. The van der Waals surface area contributed by atoms with Gasteiger partial charge in [0.2, 0.25) is 0 Å². The van der Waals surface area contributed by atoms with Crippen LogP contribution in [0.3, 0.4) is 0 Å². The van der Waals surface area contributed by atoms with Gasteiger partial charge in [-0.3, -0.25) is 21.1 Å². The predicted molar refractivity (Wildman–Crippen MR) is 164 cm³/mol. The van der Waals surface area contributed by atoms with Gasteiger partial charge < -0.3 is 15.3 Å². The third-order valence-electron chi connectivity index (χ3n) is 6.60. The highest BCUT2D eigenvalue weighted by atomic mass is 19.1. The molecule has 0 aromatic heterocycles. The van der Waals surface area contributed by atoms with Crippen LogP contribution in [0.5, 0.6) is 0 Å². The highest BCUT2D eigenvalue weighted by Gasteiger charge is 2.22. The number of allylic oxidation sites excluding steroid dienone is 7. The molecule has 0 spiro atoms. The first-order valence-electron chi connectivity index (χ1n) is 13.9. The number of fused-ring (bicyclic) bond motifs is 1. The van der Waals surface area contributed by atoms with Crippen molar-refractivity contribution >= 4 is 17.6 Å². The minimum absolute atomic E-state index is 0.0159. The molecular formula is C31H44FN7O2. The Balaban J connectivity index is 2.17. The van der Waals surface area contributed by atoms with Crippen molar-refractivity contribution in [1.82, 2.24) is 20.8 Å². The molecule has 1 atom stereocenters. The van der Waals surface area contributed by atoms with Crippen molar-refractivity contribution < 1.29 is 14.3 Å². The lowest BCUT2D eigenvalue weighted by Gasteiger charge is -2.30. The zero-order valence-corrected chi connectivity index (χ0v) is 24.7. The first kappa shape index (κ1) is 33.3. The molecule has 0 bridgehead atoms. The van der Waals surface area contributed by atoms with E-state index >= 15 is 0 Å². The number of aliphatic hydroxyl groups excluding tert-OH is 1. The number of nitrogens with zero attached hydrogens (tertiary/aromatic N) is 3. The Morgan fingerprint density at radius 2 is 2.05 bits per heavy atom. The molecule has 1 unspecified atom stereocenters. The Bertz CT molecular complexity index is 1250. The smallest absolute Gasteiger partial charge is 0.258 e. The Morgan fingerprint density at radius 1 is 1.29 bits per heavy atom. The van der Waals surface area contributed by atoms with Crippen LogP contribution < -0.4 is 16.7 Å². The van der Waals surface area contributed by atoms with Crippen molar-refractivity contribution in [3.8, 4) is 0 Å². The van der Waals surface area contributed by atoms with Crippen molar-refractivity contribution in [2.45, 2.75) is 66.5 Å². The van der Waals surface area contributed by atoms with Crippen LogP contribution in [-0.2, 0) is 13.0 Å². The van der Waals surface area contributed by atoms with E-state index in [0.717, 1.165) is 36.3 Å². The number of carbonyl (C=O) groups excluding carboxylic acids is 1. The number of nitrogens with two attached hydrogens (primary N) is 1. The number of amidine groups is 2. The molecule has 2 rings (SSSR count). The van der Waals surface area contributed by atoms with E-state index in [1.54, 1.807) is 44.3 Å². The van der Waals surface area contributed by atoms with Crippen molar-refractivity contribution in [1.29, 1.82) is 5.41 Å². The molecule has 1 aliphatic heterocycles. The van der Waals surface area contributed by atoms with Crippen molar-refractivity contribution in [3.05, 3.63) is 94.6 Å². The van der Waals surface area contributed by atoms with E-state index < -0.39 is 17.8 Å². The summed E-state index contributed by atoms with van der Waals surface area (Å²) in [5, 5.41) is 22.1. The van der Waals surface area contributed by atoms with E-state index in [2.05, 4.69) is 20.7 Å². The van der Waals surface area contributed by atoms with Gasteiger partial charge in [0.25, 0.3) is 5.91 Å². The molecule has 1 amide bonds. The topological polar surface area (TPSA) is 130 Å². The number of hydrazine groups is 2. The number of rotatable bonds is 12. The highest BCUT2D eigenvalue weighted by Crippen LogP contribution is 2.23. The van der Waals surface area contributed by atoms with E-state index in [1.165, 1.54) is 11.1 Å². The number of amides is 1. The Morgan fingerprint density at radius 3 is 2.71 bits per heavy atom. The average molecular weight is 566 g/mol. The number of aliphatic imine (C=N–C) groups is 1. The first-order chi connectivity index (χ1) is 19.7. The molecule has 10 heteroatoms. The Kier molecular flexibility index (Phi) is 13.9. The number of benzene rings is 1. The zero-order chi connectivity index (χ0) is 30.4. The molecule has 0 radical (unpaired) electrons. The van der Waals surface area contributed by atoms with E-state index in [1.807, 2.05) is 45.1 Å². The summed E-state index contributed by atoms with van der Waals surface area (Å²) in [5.41, 5.74) is 5.35. The molecule has 9 nitrogen and oxygen atoms in total. The number of hydrogen-bond acceptors (Lipinski definition) is 6. The van der Waals surface area contributed by atoms with Gasteiger partial charge in [0.05, 0.1) is 18.2 Å². The summed E-state index contributed by atoms with van der Waals surface area (Å²) in [5.74, 6) is 5.45. The maximum absolute atomic E-state index is 14.9. The van der Waals surface area contributed by atoms with Crippen LogP contribution in [0.2, 0.25) is 0 Å². The monoisotopic (exact) mass is 565 g/mol. The van der Waals surface area contributed by atoms with E-state index in [4.69, 9.17) is 11.3 Å². The standard InChI is InChI=1S/C31H44FN7O2/c1-6-8-10-16-35-24(5)38-17-15-26-19-29(32)28(18-27(26)20-38)31(41)36-22(3)12-11-14-25(13-9-7-2)30(33)39(37-34)23(4)21-40/h6,8,10-14,16,18-19,23,33,37,40H,7,9,15,17,20-21,34H2,1-5H3,(H,36,41)/b8-6+,14-11-,16-10-,22-12+,25-13-,33-30?,35-24?. The molecule has 1 heterocycles. The van der Waals surface area contributed by atoms with Crippen LogP contribution >= 0.6 is 0 Å². The number of hydrogen-bond donors (Lipinski definition) is 5. The Labute approximate surface area is 243 Å². The molecule has 6 N–H and O–H groups in total. The van der Waals surface area contributed by atoms with Crippen molar-refractivity contribution in [2.24, 2.45) is 10.8 Å². The summed E-state index contributed by atoms with van der Waals surface area (Å²) in [6, 6.07) is 2.68. The number of nitrogens with one attached hydrogen (secondary N) is 3. The zero-order valence-electron chi connectivity index (χ0n) is 24.7. The van der Waals surface area contributed by atoms with Gasteiger partial charge in [-0.15, -0.1) is 0 Å². The van der Waals surface area contributed by atoms with Crippen molar-refractivity contribution in [3.63, 3.8) is 0 Å². The van der Waals surface area contributed by atoms with Gasteiger partial charge in [-0.2, -0.15) is 5.53 Å². The van der Waals surface area contributed by atoms with Gasteiger partial charge in [0.1, 0.15) is 17.5 Å². The first-order valence-corrected chi connectivity index (χ1v) is 13.9. The van der Waals surface area contributed by atoms with Crippen LogP contribution in [0.15, 0.2) is 77.1 Å². The third-order valence-corrected chi connectivity index (χ3v) is 6.60. The van der Waals surface area contributed by atoms with Crippen LogP contribution in [-0.4, -0.2) is 51.8 Å². The Hall–Kier alpha value is -3.86. The van der Waals surface area contributed by atoms with Gasteiger partial charge in [0, 0.05) is 30.6 Å². The summed E-state index contributed by atoms with van der Waals surface area (Å²) >= 11 is 0. The second-order valence-electron chi connectivity index (χ2n) is 9.81. The third kappa shape index (κ3) is 9.93. The summed E-state index contributed by atoms with van der Waals surface area (Å²) in [7, 11) is 0. The van der Waals surface area contributed by atoms with Gasteiger partial charge >= 0.3 is 0 Å². The molecule has 1 aromatic carbocycles. The van der Waals surface area contributed by atoms with Crippen LogP contribution in [0, 0.1) is 11.2 Å². The summed E-state index contributed by atoms with van der Waals surface area (Å²) < 4.78 is 14.9. The van der Waals surface area contributed by atoms with Crippen LogP contribution in [0.25, 0.3) is 0 Å². The fourth-order valence-electron chi connectivity index (χ4n) is 4.18. The lowest BCUT2D eigenvalue weighted by molar-refractivity contribution is 0.0961. The molecule has 0 saturated heterocycles. The maximum Gasteiger partial charge on any atom is 0.258 e. The maximum atomic E-state index is 14.9. The second kappa shape index (κ2) is 17.1. The quantitative estimate of drug-likeness (QED) is 0.0825. The summed E-state index contributed by atoms with van der Waals surface area (Å²) in [4.78, 5) is 19.6. The van der Waals surface area contributed by atoms with E-state index in [9.17, 15) is 14.3 Å². The predicted octanol–water partition coefficient (Wildman–Crippen LogP) is 4.65. The lowest BCUT2D eigenvalue weighted by Crippen LogP contribution is -2.53. The van der Waals surface area contributed by atoms with Crippen LogP contribution in [0.1, 0.15) is 68.9 Å². The minimum atomic E-state index is -0.552. The molecule has 0 aliphatic carbocycles. The molecule has 1 aromatic rings. The van der Waals surface area contributed by atoms with E-state index in [0.29, 0.717) is 24.2 Å². The second-order valence-corrected chi connectivity index (χ2v) is 9.81. The number of aliphatic hydroxyl groups is 1. The molecule has 1 aliphatic rings. The number of halogens is 1. The summed E-state index contributed by atoms with van der Waals surface area (Å²) in [6.45, 7) is 10.5. The summed E-state index contributed by atoms with van der Waals surface area (Å²) in [6.07, 6.45) is 16.8. The largest absolute Gasteiger partial charge is 0.394 e. The minimum Gasteiger partial charge on any atom is -0.394 e. The van der Waals surface area contributed by atoms with Crippen molar-refractivity contribution in [2.75, 3.05) is 13.2 Å². The molecule has 0 fully saturated rings. The fraction of sp³-hybridized carbons (Fsp3) is 0.387. The molecule has 222 valence electrons. The SMILES string of the molecule is C/C=C/C=C\N=C(C)N1CCc2cc(F)c(C(=O)N/C(C)=C/C=C\C(=C\CCC)C(=N)N(NN)C(C)CO)cc2C1. The lowest BCUT2D eigenvalue weighted by atomic mass is 9.96. The van der Waals surface area contributed by atoms with Gasteiger partial charge in [0.15, 0.2) is 0 Å². The molecule has 0 saturated carbocycles. The van der Waals surface area contributed by atoms with E-state index in [-0.39, 0.29) is 18.0 Å². The fourth-order valence-corrected chi connectivity index (χ4v) is 4.18. The van der Waals surface area contributed by atoms with Gasteiger partial charge in [-0.25, -0.2) is 9.38 Å². The molecule has 41 heavy (non-hydrogen) atoms. The average Bonchev–Trinajstić information content (AvgIpc) is 2.96.